The number of hydrogen-bond acceptors (Lipinski definition) is 6. The molecule has 2 aromatic rings. The third-order valence-electron chi connectivity index (χ3n) is 3.91. The van der Waals surface area contributed by atoms with E-state index in [1.807, 2.05) is 0 Å². The van der Waals surface area contributed by atoms with Gasteiger partial charge in [0.25, 0.3) is 17.5 Å². The number of nitro groups is 1. The summed E-state index contributed by atoms with van der Waals surface area (Å²) in [6, 6.07) is 10.2. The van der Waals surface area contributed by atoms with Crippen molar-refractivity contribution in [1.82, 2.24) is 10.7 Å². The lowest BCUT2D eigenvalue weighted by atomic mass is 10.1. The summed E-state index contributed by atoms with van der Waals surface area (Å²) >= 11 is 0. The molecule has 0 bridgehead atoms. The molecule has 2 rings (SSSR count). The van der Waals surface area contributed by atoms with E-state index in [0.717, 1.165) is 0 Å². The van der Waals surface area contributed by atoms with Gasteiger partial charge in [0.1, 0.15) is 11.8 Å². The van der Waals surface area contributed by atoms with Crippen LogP contribution in [-0.4, -0.2) is 36.1 Å². The van der Waals surface area contributed by atoms with Crippen LogP contribution < -0.4 is 15.5 Å². The molecular weight excluding hydrogens is 364 g/mol. The molecule has 1 unspecified atom stereocenters. The number of nitrogens with one attached hydrogen (secondary N) is 2. The van der Waals surface area contributed by atoms with E-state index in [-0.39, 0.29) is 5.69 Å². The molecule has 0 saturated heterocycles. The summed E-state index contributed by atoms with van der Waals surface area (Å²) < 4.78 is 5.03. The predicted octanol–water partition coefficient (Wildman–Crippen LogP) is 2.18. The number of nitrogens with zero attached hydrogens (tertiary/aromatic N) is 2. The van der Waals surface area contributed by atoms with Crippen molar-refractivity contribution in [2.45, 2.75) is 19.9 Å². The molecule has 146 valence electrons. The maximum atomic E-state index is 12.2. The van der Waals surface area contributed by atoms with Gasteiger partial charge in [-0.25, -0.2) is 5.43 Å². The number of nitro benzene ring substituents is 1. The van der Waals surface area contributed by atoms with Crippen molar-refractivity contribution >= 4 is 23.7 Å². The minimum atomic E-state index is -0.834. The Morgan fingerprint density at radius 1 is 1.21 bits per heavy atom. The van der Waals surface area contributed by atoms with Gasteiger partial charge in [-0.05, 0) is 38.1 Å². The third kappa shape index (κ3) is 5.37. The number of methoxy groups -OCH3 is 1. The Bertz CT molecular complexity index is 909. The lowest BCUT2D eigenvalue weighted by Gasteiger charge is -2.12. The molecule has 2 amide bonds. The van der Waals surface area contributed by atoms with E-state index in [2.05, 4.69) is 15.8 Å². The summed E-state index contributed by atoms with van der Waals surface area (Å²) in [7, 11) is 1.52. The van der Waals surface area contributed by atoms with Crippen LogP contribution in [0.1, 0.15) is 28.4 Å². The standard InChI is InChI=1S/C19H20N4O5/c1-12-4-5-14(10-17(12)23(26)27)11-20-22-18(24)13(2)21-19(25)15-6-8-16(28-3)9-7-15/h4-11,13H,1-3H3,(H,21,25)(H,22,24). The van der Waals surface area contributed by atoms with Crippen molar-refractivity contribution < 1.29 is 19.2 Å². The van der Waals surface area contributed by atoms with E-state index >= 15 is 0 Å². The summed E-state index contributed by atoms with van der Waals surface area (Å²) in [6.07, 6.45) is 1.29. The van der Waals surface area contributed by atoms with Crippen LogP contribution in [0.25, 0.3) is 0 Å². The molecule has 0 spiro atoms. The first-order chi connectivity index (χ1) is 13.3. The van der Waals surface area contributed by atoms with Gasteiger partial charge in [0.15, 0.2) is 0 Å². The van der Waals surface area contributed by atoms with Gasteiger partial charge in [-0.2, -0.15) is 5.10 Å². The van der Waals surface area contributed by atoms with Gasteiger partial charge in [-0.15, -0.1) is 0 Å². The van der Waals surface area contributed by atoms with Crippen LogP contribution in [0.2, 0.25) is 0 Å². The quantitative estimate of drug-likeness (QED) is 0.430. The second-order valence-corrected chi connectivity index (χ2v) is 5.96. The van der Waals surface area contributed by atoms with E-state index in [1.165, 1.54) is 26.3 Å². The molecule has 9 nitrogen and oxygen atoms in total. The summed E-state index contributed by atoms with van der Waals surface area (Å²) in [6.45, 7) is 3.15. The highest BCUT2D eigenvalue weighted by Crippen LogP contribution is 2.18. The Kier molecular flexibility index (Phi) is 6.80. The summed E-state index contributed by atoms with van der Waals surface area (Å²) in [5.41, 5.74) is 3.64. The molecule has 0 radical (unpaired) electrons. The van der Waals surface area contributed by atoms with Crippen LogP contribution in [0.5, 0.6) is 5.75 Å². The fourth-order valence-electron chi connectivity index (χ4n) is 2.26. The first-order valence-corrected chi connectivity index (χ1v) is 8.34. The van der Waals surface area contributed by atoms with Gasteiger partial charge in [-0.3, -0.25) is 19.7 Å². The van der Waals surface area contributed by atoms with Crippen molar-refractivity contribution in [3.63, 3.8) is 0 Å². The molecule has 0 aliphatic rings. The monoisotopic (exact) mass is 384 g/mol. The molecular formula is C19H20N4O5. The highest BCUT2D eigenvalue weighted by Gasteiger charge is 2.16. The minimum absolute atomic E-state index is 0.0320. The number of hydrogen-bond donors (Lipinski definition) is 2. The smallest absolute Gasteiger partial charge is 0.272 e. The number of rotatable bonds is 7. The van der Waals surface area contributed by atoms with Crippen LogP contribution in [0.15, 0.2) is 47.6 Å². The fourth-order valence-corrected chi connectivity index (χ4v) is 2.26. The maximum Gasteiger partial charge on any atom is 0.272 e. The number of aryl methyl sites for hydroxylation is 1. The Morgan fingerprint density at radius 2 is 1.89 bits per heavy atom. The SMILES string of the molecule is COc1ccc(C(=O)NC(C)C(=O)NN=Cc2ccc(C)c([N+](=O)[O-])c2)cc1. The van der Waals surface area contributed by atoms with Crippen molar-refractivity contribution in [1.29, 1.82) is 0 Å². The molecule has 0 aliphatic carbocycles. The average molecular weight is 384 g/mol. The average Bonchev–Trinajstić information content (AvgIpc) is 2.68. The molecule has 0 heterocycles. The molecule has 9 heteroatoms. The summed E-state index contributed by atoms with van der Waals surface area (Å²) in [5, 5.41) is 17.3. The Balaban J connectivity index is 1.93. The predicted molar refractivity (Wildman–Crippen MR) is 103 cm³/mol. The molecule has 2 N–H and O–H groups in total. The van der Waals surface area contributed by atoms with E-state index in [0.29, 0.717) is 22.4 Å². The minimum Gasteiger partial charge on any atom is -0.497 e. The normalized spacial score (nSPS) is 11.7. The second kappa shape index (κ2) is 9.26. The van der Waals surface area contributed by atoms with Gasteiger partial charge in [0, 0.05) is 22.8 Å². The van der Waals surface area contributed by atoms with Crippen LogP contribution in [0.4, 0.5) is 5.69 Å². The third-order valence-corrected chi connectivity index (χ3v) is 3.91. The second-order valence-electron chi connectivity index (χ2n) is 5.96. The summed E-state index contributed by atoms with van der Waals surface area (Å²) in [4.78, 5) is 34.7. The van der Waals surface area contributed by atoms with Crippen LogP contribution in [0.3, 0.4) is 0 Å². The molecule has 0 aliphatic heterocycles. The molecule has 28 heavy (non-hydrogen) atoms. The van der Waals surface area contributed by atoms with Gasteiger partial charge in [0.2, 0.25) is 0 Å². The fraction of sp³-hybridized carbons (Fsp3) is 0.211. The molecule has 0 aromatic heterocycles. The van der Waals surface area contributed by atoms with Gasteiger partial charge in [-0.1, -0.05) is 12.1 Å². The highest BCUT2D eigenvalue weighted by atomic mass is 16.6. The van der Waals surface area contributed by atoms with Gasteiger partial charge in [0.05, 0.1) is 18.2 Å². The number of hydrazone groups is 1. The van der Waals surface area contributed by atoms with Gasteiger partial charge >= 0.3 is 0 Å². The Labute approximate surface area is 161 Å². The lowest BCUT2D eigenvalue weighted by Crippen LogP contribution is -2.43. The van der Waals surface area contributed by atoms with Crippen LogP contribution >= 0.6 is 0 Å². The molecule has 0 fully saturated rings. The first kappa shape index (κ1) is 20.6. The highest BCUT2D eigenvalue weighted by molar-refractivity contribution is 5.97. The van der Waals surface area contributed by atoms with Crippen molar-refractivity contribution in [2.75, 3.05) is 7.11 Å². The largest absolute Gasteiger partial charge is 0.497 e. The molecule has 2 aromatic carbocycles. The zero-order valence-corrected chi connectivity index (χ0v) is 15.6. The van der Waals surface area contributed by atoms with Crippen molar-refractivity contribution in [2.24, 2.45) is 5.10 Å². The lowest BCUT2D eigenvalue weighted by molar-refractivity contribution is -0.385. The molecule has 0 saturated carbocycles. The number of benzene rings is 2. The number of carbonyl (C=O) groups excluding carboxylic acids is 2. The maximum absolute atomic E-state index is 12.2. The topological polar surface area (TPSA) is 123 Å². The van der Waals surface area contributed by atoms with Gasteiger partial charge < -0.3 is 10.1 Å². The van der Waals surface area contributed by atoms with Crippen LogP contribution in [-0.2, 0) is 4.79 Å². The Hall–Kier alpha value is -3.75. The van der Waals surface area contributed by atoms with E-state index < -0.39 is 22.8 Å². The first-order valence-electron chi connectivity index (χ1n) is 8.34. The van der Waals surface area contributed by atoms with Crippen molar-refractivity contribution in [3.05, 3.63) is 69.3 Å². The zero-order valence-electron chi connectivity index (χ0n) is 15.6. The van der Waals surface area contributed by atoms with E-state index in [1.54, 1.807) is 43.3 Å². The van der Waals surface area contributed by atoms with Crippen molar-refractivity contribution in [3.8, 4) is 5.75 Å². The van der Waals surface area contributed by atoms with E-state index in [4.69, 9.17) is 4.74 Å². The number of carbonyl (C=O) groups is 2. The molecule has 1 atom stereocenters. The van der Waals surface area contributed by atoms with Crippen LogP contribution in [0, 0.1) is 17.0 Å². The Morgan fingerprint density at radius 3 is 2.50 bits per heavy atom. The zero-order chi connectivity index (χ0) is 20.7. The summed E-state index contributed by atoms with van der Waals surface area (Å²) in [5.74, 6) is -0.323. The number of amides is 2. The number of ether oxygens (including phenoxy) is 1. The van der Waals surface area contributed by atoms with E-state index in [9.17, 15) is 19.7 Å².